The van der Waals surface area contributed by atoms with E-state index in [0.717, 1.165) is 18.6 Å². The smallest absolute Gasteiger partial charge is 0.228 e. The number of hydrogen-bond donors (Lipinski definition) is 0. The van der Waals surface area contributed by atoms with Gasteiger partial charge in [0.25, 0.3) is 0 Å². The van der Waals surface area contributed by atoms with Crippen LogP contribution in [0.25, 0.3) is 0 Å². The first kappa shape index (κ1) is 16.6. The normalized spacial score (nSPS) is 22.6. The van der Waals surface area contributed by atoms with Gasteiger partial charge in [0.1, 0.15) is 5.76 Å². The van der Waals surface area contributed by atoms with Gasteiger partial charge in [-0.3, -0.25) is 9.59 Å². The van der Waals surface area contributed by atoms with Crippen LogP contribution in [0.3, 0.4) is 0 Å². The van der Waals surface area contributed by atoms with E-state index in [4.69, 9.17) is 4.42 Å². The van der Waals surface area contributed by atoms with E-state index in [-0.39, 0.29) is 17.7 Å². The largest absolute Gasteiger partial charge is 0.452 e. The number of likely N-dealkylation sites (tertiary alicyclic amines) is 1. The highest BCUT2D eigenvalue weighted by molar-refractivity contribution is 9.10. The molecule has 126 valence electrons. The van der Waals surface area contributed by atoms with E-state index < -0.39 is 0 Å². The van der Waals surface area contributed by atoms with Gasteiger partial charge in [-0.05, 0) is 40.9 Å². The predicted molar refractivity (Wildman–Crippen MR) is 89.6 cm³/mol. The van der Waals surface area contributed by atoms with Crippen LogP contribution in [0.4, 0.5) is 0 Å². The van der Waals surface area contributed by atoms with Crippen LogP contribution in [0.2, 0.25) is 0 Å². The Kier molecular flexibility index (Phi) is 5.09. The fourth-order valence-corrected chi connectivity index (χ4v) is 4.04. The van der Waals surface area contributed by atoms with Crippen LogP contribution in [-0.2, 0) is 16.1 Å². The monoisotopic (exact) mass is 382 g/mol. The molecule has 5 nitrogen and oxygen atoms in total. The van der Waals surface area contributed by atoms with Crippen LogP contribution in [0.15, 0.2) is 21.2 Å². The summed E-state index contributed by atoms with van der Waals surface area (Å²) in [6.07, 6.45) is 6.18. The van der Waals surface area contributed by atoms with Gasteiger partial charge in [-0.2, -0.15) is 0 Å². The van der Waals surface area contributed by atoms with Crippen LogP contribution < -0.4 is 0 Å². The molecule has 1 aromatic rings. The number of halogens is 1. The van der Waals surface area contributed by atoms with E-state index >= 15 is 0 Å². The minimum atomic E-state index is -0.215. The second kappa shape index (κ2) is 7.07. The topological polar surface area (TPSA) is 53.8 Å². The molecule has 1 aromatic heterocycles. The Labute approximate surface area is 145 Å². The molecule has 0 bridgehead atoms. The van der Waals surface area contributed by atoms with Crippen LogP contribution in [0.1, 0.15) is 44.3 Å². The number of rotatable bonds is 4. The lowest BCUT2D eigenvalue weighted by atomic mass is 9.94. The molecule has 1 aliphatic carbocycles. The minimum Gasteiger partial charge on any atom is -0.452 e. The minimum absolute atomic E-state index is 0.0316. The highest BCUT2D eigenvalue weighted by Crippen LogP contribution is 2.29. The quantitative estimate of drug-likeness (QED) is 0.803. The van der Waals surface area contributed by atoms with Crippen LogP contribution >= 0.6 is 15.9 Å². The Morgan fingerprint density at radius 2 is 2.09 bits per heavy atom. The number of carbonyl (C=O) groups excluding carboxylic acids is 2. The van der Waals surface area contributed by atoms with Gasteiger partial charge in [0.05, 0.1) is 12.5 Å². The van der Waals surface area contributed by atoms with Crippen molar-refractivity contribution in [3.05, 3.63) is 22.6 Å². The SMILES string of the molecule is CN(Cc1ccc(Br)o1)C(=O)C1CC(=O)N(C2CCCCC2)C1. The number of furan rings is 1. The predicted octanol–water partition coefficient (Wildman–Crippen LogP) is 3.18. The number of carbonyl (C=O) groups is 2. The standard InChI is InChI=1S/C17H23BrN2O3/c1-19(11-14-7-8-15(18)23-14)17(22)12-9-16(21)20(10-12)13-5-3-2-4-6-13/h7-8,12-13H,2-6,9-11H2,1H3. The lowest BCUT2D eigenvalue weighted by molar-refractivity contribution is -0.135. The summed E-state index contributed by atoms with van der Waals surface area (Å²) in [4.78, 5) is 28.5. The van der Waals surface area contributed by atoms with Crippen molar-refractivity contribution in [1.29, 1.82) is 0 Å². The molecule has 3 rings (SSSR count). The van der Waals surface area contributed by atoms with Gasteiger partial charge < -0.3 is 14.2 Å². The summed E-state index contributed by atoms with van der Waals surface area (Å²) in [6.45, 7) is 1.01. The summed E-state index contributed by atoms with van der Waals surface area (Å²) in [5, 5.41) is 0. The maximum absolute atomic E-state index is 12.6. The average molecular weight is 383 g/mol. The molecule has 2 amide bonds. The molecule has 1 saturated carbocycles. The van der Waals surface area contributed by atoms with E-state index in [0.29, 0.717) is 30.2 Å². The molecule has 2 aliphatic rings. The zero-order chi connectivity index (χ0) is 16.4. The highest BCUT2D eigenvalue weighted by Gasteiger charge is 2.39. The Morgan fingerprint density at radius 3 is 2.74 bits per heavy atom. The van der Waals surface area contributed by atoms with Crippen molar-refractivity contribution in [3.63, 3.8) is 0 Å². The Hall–Kier alpha value is -1.30. The van der Waals surface area contributed by atoms with E-state index in [1.54, 1.807) is 11.9 Å². The molecule has 0 spiro atoms. The third-order valence-electron chi connectivity index (χ3n) is 4.92. The molecular weight excluding hydrogens is 360 g/mol. The first-order chi connectivity index (χ1) is 11.0. The first-order valence-electron chi connectivity index (χ1n) is 8.33. The van der Waals surface area contributed by atoms with Gasteiger partial charge in [0, 0.05) is 26.1 Å². The number of hydrogen-bond acceptors (Lipinski definition) is 3. The van der Waals surface area contributed by atoms with E-state index in [2.05, 4.69) is 15.9 Å². The average Bonchev–Trinajstić information content (AvgIpc) is 3.13. The van der Waals surface area contributed by atoms with E-state index in [1.807, 2.05) is 17.0 Å². The Morgan fingerprint density at radius 1 is 1.35 bits per heavy atom. The summed E-state index contributed by atoms with van der Waals surface area (Å²) in [5.74, 6) is 0.697. The lowest BCUT2D eigenvalue weighted by Gasteiger charge is -2.31. The molecular formula is C17H23BrN2O3. The van der Waals surface area contributed by atoms with Gasteiger partial charge in [0.15, 0.2) is 4.67 Å². The molecule has 2 fully saturated rings. The van der Waals surface area contributed by atoms with Crippen molar-refractivity contribution >= 4 is 27.7 Å². The Bertz CT molecular complexity index is 580. The van der Waals surface area contributed by atoms with Crippen LogP contribution in [0.5, 0.6) is 0 Å². The number of amides is 2. The van der Waals surface area contributed by atoms with Crippen molar-refractivity contribution in [3.8, 4) is 0 Å². The van der Waals surface area contributed by atoms with Gasteiger partial charge in [-0.1, -0.05) is 19.3 Å². The molecule has 1 aliphatic heterocycles. The van der Waals surface area contributed by atoms with Gasteiger partial charge in [-0.15, -0.1) is 0 Å². The van der Waals surface area contributed by atoms with Crippen LogP contribution in [-0.4, -0.2) is 41.2 Å². The van der Waals surface area contributed by atoms with Crippen molar-refractivity contribution in [2.45, 2.75) is 51.1 Å². The fourth-order valence-electron chi connectivity index (χ4n) is 3.70. The van der Waals surface area contributed by atoms with Gasteiger partial charge in [0.2, 0.25) is 11.8 Å². The molecule has 0 aromatic carbocycles. The molecule has 2 heterocycles. The van der Waals surface area contributed by atoms with Crippen molar-refractivity contribution in [2.24, 2.45) is 5.92 Å². The molecule has 1 unspecified atom stereocenters. The van der Waals surface area contributed by atoms with Crippen molar-refractivity contribution in [2.75, 3.05) is 13.6 Å². The first-order valence-corrected chi connectivity index (χ1v) is 9.12. The Balaban J connectivity index is 1.58. The molecule has 1 atom stereocenters. The van der Waals surface area contributed by atoms with Gasteiger partial charge >= 0.3 is 0 Å². The summed E-state index contributed by atoms with van der Waals surface area (Å²) in [7, 11) is 1.77. The highest BCUT2D eigenvalue weighted by atomic mass is 79.9. The third kappa shape index (κ3) is 3.79. The zero-order valence-electron chi connectivity index (χ0n) is 13.5. The molecule has 1 saturated heterocycles. The maximum atomic E-state index is 12.6. The molecule has 0 N–H and O–H groups in total. The summed E-state index contributed by atoms with van der Waals surface area (Å²) in [5.41, 5.74) is 0. The number of nitrogens with zero attached hydrogens (tertiary/aromatic N) is 2. The van der Waals surface area contributed by atoms with Crippen LogP contribution in [0, 0.1) is 5.92 Å². The fraction of sp³-hybridized carbons (Fsp3) is 0.647. The van der Waals surface area contributed by atoms with Crippen molar-refractivity contribution < 1.29 is 14.0 Å². The maximum Gasteiger partial charge on any atom is 0.228 e. The third-order valence-corrected chi connectivity index (χ3v) is 5.35. The second-order valence-electron chi connectivity index (χ2n) is 6.64. The summed E-state index contributed by atoms with van der Waals surface area (Å²) < 4.78 is 6.11. The van der Waals surface area contributed by atoms with Gasteiger partial charge in [-0.25, -0.2) is 0 Å². The zero-order valence-corrected chi connectivity index (χ0v) is 15.0. The molecule has 0 radical (unpaired) electrons. The second-order valence-corrected chi connectivity index (χ2v) is 7.42. The van der Waals surface area contributed by atoms with E-state index in [9.17, 15) is 9.59 Å². The summed E-state index contributed by atoms with van der Waals surface area (Å²) >= 11 is 3.26. The molecule has 23 heavy (non-hydrogen) atoms. The lowest BCUT2D eigenvalue weighted by Crippen LogP contribution is -2.39. The molecule has 6 heteroatoms. The summed E-state index contributed by atoms with van der Waals surface area (Å²) in [6, 6.07) is 4.01. The van der Waals surface area contributed by atoms with Crippen molar-refractivity contribution in [1.82, 2.24) is 9.80 Å². The van der Waals surface area contributed by atoms with E-state index in [1.165, 1.54) is 19.3 Å².